The van der Waals surface area contributed by atoms with E-state index in [1.54, 1.807) is 12.3 Å². The van der Waals surface area contributed by atoms with Gasteiger partial charge in [0.25, 0.3) is 0 Å². The zero-order valence-corrected chi connectivity index (χ0v) is 14.3. The van der Waals surface area contributed by atoms with E-state index < -0.39 is 0 Å². The number of hydrogen-bond acceptors (Lipinski definition) is 2. The van der Waals surface area contributed by atoms with E-state index in [0.29, 0.717) is 22.4 Å². The van der Waals surface area contributed by atoms with Crippen LogP contribution in [-0.2, 0) is 20.0 Å². The van der Waals surface area contributed by atoms with Crippen molar-refractivity contribution in [2.75, 3.05) is 5.88 Å². The number of hydrogen-bond donors (Lipinski definition) is 0. The summed E-state index contributed by atoms with van der Waals surface area (Å²) in [6.07, 6.45) is 4.28. The van der Waals surface area contributed by atoms with Crippen molar-refractivity contribution in [2.24, 2.45) is 7.05 Å². The van der Waals surface area contributed by atoms with Crippen LogP contribution in [0.5, 0.6) is 0 Å². The predicted octanol–water partition coefficient (Wildman–Crippen LogP) is 3.34. The van der Waals surface area contributed by atoms with E-state index in [-0.39, 0.29) is 5.82 Å². The molecule has 3 rings (SSSR count). The van der Waals surface area contributed by atoms with E-state index in [1.807, 2.05) is 45.0 Å². The van der Waals surface area contributed by atoms with Gasteiger partial charge >= 0.3 is 0 Å². The van der Waals surface area contributed by atoms with E-state index >= 15 is 0 Å². The zero-order chi connectivity index (χ0) is 15.0. The summed E-state index contributed by atoms with van der Waals surface area (Å²) in [4.78, 5) is 8.91. The van der Waals surface area contributed by atoms with E-state index in [4.69, 9.17) is 11.6 Å². The third kappa shape index (κ3) is 2.78. The highest BCUT2D eigenvalue weighted by atomic mass is 127. The topological polar surface area (TPSA) is 35.6 Å². The smallest absolute Gasteiger partial charge is 0.138 e. The molecule has 0 atom stereocenters. The van der Waals surface area contributed by atoms with Crippen LogP contribution in [0, 0.1) is 9.39 Å². The Morgan fingerprint density at radius 1 is 1.33 bits per heavy atom. The highest BCUT2D eigenvalue weighted by Gasteiger charge is 2.14. The van der Waals surface area contributed by atoms with Crippen LogP contribution in [0.15, 0.2) is 24.5 Å². The maximum Gasteiger partial charge on any atom is 0.138 e. The highest BCUT2D eigenvalue weighted by molar-refractivity contribution is 14.1. The number of imidazole rings is 2. The van der Waals surface area contributed by atoms with Gasteiger partial charge in [-0.25, -0.2) is 14.4 Å². The first-order valence-corrected chi connectivity index (χ1v) is 8.08. The van der Waals surface area contributed by atoms with Gasteiger partial charge in [0.1, 0.15) is 17.5 Å². The summed E-state index contributed by atoms with van der Waals surface area (Å²) in [6.45, 7) is 0.548. The molecule has 0 bridgehead atoms. The number of alkyl halides is 1. The average Bonchev–Trinajstić information content (AvgIpc) is 2.98. The first-order chi connectivity index (χ1) is 10.1. The predicted molar refractivity (Wildman–Crippen MR) is 89.1 cm³/mol. The lowest BCUT2D eigenvalue weighted by atomic mass is 10.3. The Kier molecular flexibility index (Phi) is 4.17. The summed E-state index contributed by atoms with van der Waals surface area (Å²) < 4.78 is 18.4. The Hall–Kier alpha value is -1.15. The molecule has 4 nitrogen and oxygen atoms in total. The highest BCUT2D eigenvalue weighted by Crippen LogP contribution is 2.23. The second-order valence-electron chi connectivity index (χ2n) is 4.76. The van der Waals surface area contributed by atoms with Gasteiger partial charge in [-0.1, -0.05) is 0 Å². The zero-order valence-electron chi connectivity index (χ0n) is 11.4. The van der Waals surface area contributed by atoms with Gasteiger partial charge in [-0.3, -0.25) is 0 Å². The van der Waals surface area contributed by atoms with Gasteiger partial charge in [0.2, 0.25) is 0 Å². The van der Waals surface area contributed by atoms with Crippen LogP contribution in [-0.4, -0.2) is 25.0 Å². The van der Waals surface area contributed by atoms with Crippen LogP contribution in [0.4, 0.5) is 4.39 Å². The summed E-state index contributed by atoms with van der Waals surface area (Å²) in [7, 11) is 1.94. The molecule has 0 aliphatic rings. The molecule has 3 aromatic rings. The fourth-order valence-electron chi connectivity index (χ4n) is 2.31. The van der Waals surface area contributed by atoms with Crippen molar-refractivity contribution < 1.29 is 4.39 Å². The molecule has 0 spiro atoms. The van der Waals surface area contributed by atoms with Gasteiger partial charge in [0.15, 0.2) is 0 Å². The summed E-state index contributed by atoms with van der Waals surface area (Å²) in [5.41, 5.74) is 1.56. The molecule has 21 heavy (non-hydrogen) atoms. The molecule has 0 saturated heterocycles. The van der Waals surface area contributed by atoms with Gasteiger partial charge in [0, 0.05) is 37.8 Å². The monoisotopic (exact) mass is 418 g/mol. The van der Waals surface area contributed by atoms with Crippen LogP contribution >= 0.6 is 34.2 Å². The number of benzene rings is 1. The lowest BCUT2D eigenvalue weighted by Gasteiger charge is -2.08. The van der Waals surface area contributed by atoms with Crippen molar-refractivity contribution in [3.05, 3.63) is 45.6 Å². The molecule has 1 aromatic carbocycles. The van der Waals surface area contributed by atoms with Gasteiger partial charge in [-0.2, -0.15) is 0 Å². The quantitative estimate of drug-likeness (QED) is 0.481. The van der Waals surface area contributed by atoms with Crippen LogP contribution in [0.25, 0.3) is 11.0 Å². The van der Waals surface area contributed by atoms with Crippen LogP contribution in [0.3, 0.4) is 0 Å². The second-order valence-corrected chi connectivity index (χ2v) is 6.30. The van der Waals surface area contributed by atoms with Gasteiger partial charge < -0.3 is 9.13 Å². The van der Waals surface area contributed by atoms with E-state index in [1.165, 1.54) is 6.07 Å². The van der Waals surface area contributed by atoms with E-state index in [0.717, 1.165) is 22.7 Å². The molecular weight excluding hydrogens is 406 g/mol. The number of rotatable bonds is 4. The molecule has 0 aliphatic carbocycles. The molecule has 0 unspecified atom stereocenters. The van der Waals surface area contributed by atoms with Gasteiger partial charge in [-0.15, -0.1) is 11.6 Å². The fraction of sp³-hybridized carbons (Fsp3) is 0.286. The maximum absolute atomic E-state index is 13.9. The molecule has 2 aromatic heterocycles. The Morgan fingerprint density at radius 3 is 2.81 bits per heavy atom. The minimum atomic E-state index is -0.235. The molecule has 0 amide bonds. The maximum atomic E-state index is 13.9. The Morgan fingerprint density at radius 2 is 2.14 bits per heavy atom. The molecule has 0 aliphatic heterocycles. The Bertz CT molecular complexity index is 796. The number of aromatic nitrogens is 4. The largest absolute Gasteiger partial charge is 0.337 e. The van der Waals surface area contributed by atoms with Gasteiger partial charge in [0.05, 0.1) is 21.1 Å². The van der Waals surface area contributed by atoms with Crippen molar-refractivity contribution in [1.29, 1.82) is 0 Å². The summed E-state index contributed by atoms with van der Waals surface area (Å²) >= 11 is 7.84. The minimum Gasteiger partial charge on any atom is -0.337 e. The molecular formula is C14H13ClFIN4. The molecule has 0 fully saturated rings. The van der Waals surface area contributed by atoms with E-state index in [9.17, 15) is 4.39 Å². The molecule has 110 valence electrons. The van der Waals surface area contributed by atoms with Crippen molar-refractivity contribution in [3.8, 4) is 0 Å². The normalized spacial score (nSPS) is 11.4. The second kappa shape index (κ2) is 5.92. The number of nitrogens with zero attached hydrogens (tertiary/aromatic N) is 4. The van der Waals surface area contributed by atoms with Crippen LogP contribution in [0.1, 0.15) is 11.6 Å². The number of fused-ring (bicyclic) bond motifs is 1. The lowest BCUT2D eigenvalue weighted by molar-refractivity contribution is 0.620. The summed E-state index contributed by atoms with van der Waals surface area (Å²) in [5.74, 6) is 1.98. The molecule has 7 heteroatoms. The van der Waals surface area contributed by atoms with Crippen LogP contribution < -0.4 is 0 Å². The van der Waals surface area contributed by atoms with Crippen molar-refractivity contribution in [3.63, 3.8) is 0 Å². The number of halogens is 3. The average molecular weight is 419 g/mol. The first kappa shape index (κ1) is 14.8. The lowest BCUT2D eigenvalue weighted by Crippen LogP contribution is -2.10. The Labute approximate surface area is 140 Å². The third-order valence-electron chi connectivity index (χ3n) is 3.41. The Balaban J connectivity index is 2.15. The molecule has 0 radical (unpaired) electrons. The molecule has 0 saturated carbocycles. The van der Waals surface area contributed by atoms with Gasteiger partial charge in [-0.05, 0) is 28.7 Å². The number of aryl methyl sites for hydroxylation is 2. The summed E-state index contributed by atoms with van der Waals surface area (Å²) in [6, 6.07) is 3.29. The third-order valence-corrected chi connectivity index (χ3v) is 4.42. The van der Waals surface area contributed by atoms with E-state index in [2.05, 4.69) is 9.97 Å². The minimum absolute atomic E-state index is 0.235. The van der Waals surface area contributed by atoms with Crippen molar-refractivity contribution >= 4 is 45.2 Å². The van der Waals surface area contributed by atoms with Crippen molar-refractivity contribution in [1.82, 2.24) is 19.1 Å². The van der Waals surface area contributed by atoms with Crippen molar-refractivity contribution in [2.45, 2.75) is 13.0 Å². The summed E-state index contributed by atoms with van der Waals surface area (Å²) in [5, 5.41) is 0. The first-order valence-electron chi connectivity index (χ1n) is 6.46. The van der Waals surface area contributed by atoms with Crippen LogP contribution in [0.2, 0.25) is 0 Å². The SMILES string of the molecule is Cn1ccnc1Cn1c(CCCl)nc2cc(I)c(F)cc21. The molecule has 2 heterocycles. The standard InChI is InChI=1S/C14H13ClFIN4/c1-20-5-4-18-14(20)8-21-12-6-9(16)10(17)7-11(12)19-13(21)2-3-15/h4-7H,2-3,8H2,1H3. The fourth-order valence-corrected chi connectivity index (χ4v) is 2.93. The molecule has 0 N–H and O–H groups in total.